The Balaban J connectivity index is 2.16. The molecule has 1 amide bonds. The highest BCUT2D eigenvalue weighted by atomic mass is 32.1. The van der Waals surface area contributed by atoms with E-state index in [9.17, 15) is 9.59 Å². The highest BCUT2D eigenvalue weighted by Crippen LogP contribution is 2.16. The number of hydrogen-bond acceptors (Lipinski definition) is 6. The maximum absolute atomic E-state index is 12.2. The van der Waals surface area contributed by atoms with E-state index in [1.807, 2.05) is 0 Å². The molecular formula is C13H13N3O3S. The van der Waals surface area contributed by atoms with Gasteiger partial charge in [0.2, 0.25) is 5.01 Å². The minimum Gasteiger partial charge on any atom is -0.461 e. The lowest BCUT2D eigenvalue weighted by atomic mass is 10.3. The maximum atomic E-state index is 12.2. The number of hydrogen-bond donors (Lipinski definition) is 0. The Hall–Kier alpha value is -2.28. The third-order valence-corrected chi connectivity index (χ3v) is 3.35. The van der Waals surface area contributed by atoms with Crippen molar-refractivity contribution < 1.29 is 14.3 Å². The molecule has 0 fully saturated rings. The smallest absolute Gasteiger partial charge is 0.367 e. The van der Waals surface area contributed by atoms with Crippen LogP contribution in [0, 0.1) is 0 Å². The average molecular weight is 291 g/mol. The monoisotopic (exact) mass is 291 g/mol. The predicted octanol–water partition coefficient (Wildman–Crippen LogP) is 1.99. The van der Waals surface area contributed by atoms with Gasteiger partial charge in [-0.15, -0.1) is 11.3 Å². The van der Waals surface area contributed by atoms with Gasteiger partial charge in [0.15, 0.2) is 0 Å². The summed E-state index contributed by atoms with van der Waals surface area (Å²) >= 11 is 1.09. The molecule has 104 valence electrons. The summed E-state index contributed by atoms with van der Waals surface area (Å²) in [5, 5.41) is 1.73. The largest absolute Gasteiger partial charge is 0.461 e. The van der Waals surface area contributed by atoms with Crippen molar-refractivity contribution >= 4 is 28.9 Å². The van der Waals surface area contributed by atoms with Crippen molar-refractivity contribution in [3.63, 3.8) is 0 Å². The molecule has 0 spiro atoms. The molecule has 0 radical (unpaired) electrons. The number of esters is 1. The molecule has 0 atom stereocenters. The highest BCUT2D eigenvalue weighted by Gasteiger charge is 2.19. The fraction of sp³-hybridized carbons (Fsp3) is 0.231. The first kappa shape index (κ1) is 14.1. The number of anilines is 1. The van der Waals surface area contributed by atoms with Crippen LogP contribution in [0.4, 0.5) is 5.69 Å². The fourth-order valence-corrected chi connectivity index (χ4v) is 2.20. The molecule has 7 heteroatoms. The van der Waals surface area contributed by atoms with Crippen LogP contribution in [-0.2, 0) is 4.74 Å². The Morgan fingerprint density at radius 1 is 1.35 bits per heavy atom. The Labute approximate surface area is 120 Å². The van der Waals surface area contributed by atoms with E-state index in [1.54, 1.807) is 43.9 Å². The summed E-state index contributed by atoms with van der Waals surface area (Å²) in [6, 6.07) is 3.44. The van der Waals surface area contributed by atoms with Crippen LogP contribution in [-0.4, -0.2) is 35.5 Å². The van der Waals surface area contributed by atoms with E-state index in [2.05, 4.69) is 9.97 Å². The van der Waals surface area contributed by atoms with Crippen LogP contribution >= 0.6 is 11.3 Å². The molecule has 6 nitrogen and oxygen atoms in total. The van der Waals surface area contributed by atoms with Gasteiger partial charge in [-0.1, -0.05) is 0 Å². The van der Waals surface area contributed by atoms with Crippen LogP contribution in [0.5, 0.6) is 0 Å². The van der Waals surface area contributed by atoms with Crippen LogP contribution < -0.4 is 4.90 Å². The zero-order valence-corrected chi connectivity index (χ0v) is 11.9. The Morgan fingerprint density at radius 2 is 2.05 bits per heavy atom. The number of nitrogens with zero attached hydrogens (tertiary/aromatic N) is 3. The van der Waals surface area contributed by atoms with Crippen molar-refractivity contribution in [1.29, 1.82) is 0 Å². The summed E-state index contributed by atoms with van der Waals surface area (Å²) in [5.41, 5.74) is 0.924. The molecule has 0 aliphatic rings. The normalized spacial score (nSPS) is 10.1. The average Bonchev–Trinajstić information content (AvgIpc) is 2.97. The van der Waals surface area contributed by atoms with Crippen molar-refractivity contribution in [2.75, 3.05) is 18.6 Å². The molecule has 0 saturated carbocycles. The maximum Gasteiger partial charge on any atom is 0.367 e. The van der Waals surface area contributed by atoms with E-state index in [4.69, 9.17) is 4.74 Å². The van der Waals surface area contributed by atoms with Crippen molar-refractivity contribution in [2.45, 2.75) is 6.92 Å². The lowest BCUT2D eigenvalue weighted by molar-refractivity contribution is 0.0526. The molecule has 0 aliphatic heterocycles. The summed E-state index contributed by atoms with van der Waals surface area (Å²) in [4.78, 5) is 33.1. The van der Waals surface area contributed by atoms with Gasteiger partial charge in [-0.2, -0.15) is 0 Å². The fourth-order valence-electron chi connectivity index (χ4n) is 1.52. The minimum absolute atomic E-state index is 0.179. The third-order valence-electron chi connectivity index (χ3n) is 2.53. The van der Waals surface area contributed by atoms with Gasteiger partial charge in [-0.05, 0) is 19.1 Å². The SMILES string of the molecule is CCOC(=O)c1nc(C(=O)N(C)c2ccncc2)cs1. The van der Waals surface area contributed by atoms with Gasteiger partial charge in [0.25, 0.3) is 5.91 Å². The van der Waals surface area contributed by atoms with Gasteiger partial charge in [0.05, 0.1) is 6.61 Å². The summed E-state index contributed by atoms with van der Waals surface area (Å²) < 4.78 is 4.84. The van der Waals surface area contributed by atoms with Gasteiger partial charge in [-0.3, -0.25) is 9.78 Å². The second kappa shape index (κ2) is 6.25. The zero-order chi connectivity index (χ0) is 14.5. The second-order valence-electron chi connectivity index (χ2n) is 3.83. The van der Waals surface area contributed by atoms with Gasteiger partial charge in [0.1, 0.15) is 5.69 Å². The Morgan fingerprint density at radius 3 is 2.70 bits per heavy atom. The topological polar surface area (TPSA) is 72.4 Å². The van der Waals surface area contributed by atoms with E-state index in [-0.39, 0.29) is 23.2 Å². The molecule has 2 aromatic rings. The van der Waals surface area contributed by atoms with Crippen LogP contribution in [0.1, 0.15) is 27.2 Å². The van der Waals surface area contributed by atoms with Crippen molar-refractivity contribution in [3.05, 3.63) is 40.6 Å². The molecule has 2 heterocycles. The molecular weight excluding hydrogens is 278 g/mol. The van der Waals surface area contributed by atoms with Crippen LogP contribution in [0.25, 0.3) is 0 Å². The molecule has 0 aliphatic carbocycles. The number of rotatable bonds is 4. The summed E-state index contributed by atoms with van der Waals surface area (Å²) in [6.07, 6.45) is 3.20. The highest BCUT2D eigenvalue weighted by molar-refractivity contribution is 7.11. The minimum atomic E-state index is -0.511. The molecule has 2 rings (SSSR count). The predicted molar refractivity (Wildman–Crippen MR) is 75.0 cm³/mol. The van der Waals surface area contributed by atoms with E-state index in [0.29, 0.717) is 5.69 Å². The van der Waals surface area contributed by atoms with E-state index >= 15 is 0 Å². The summed E-state index contributed by atoms with van der Waals surface area (Å²) in [5.74, 6) is -0.800. The van der Waals surface area contributed by atoms with Gasteiger partial charge in [0, 0.05) is 30.5 Å². The number of carbonyl (C=O) groups excluding carboxylic acids is 2. The molecule has 0 bridgehead atoms. The van der Waals surface area contributed by atoms with E-state index in [0.717, 1.165) is 11.3 Å². The molecule has 2 aromatic heterocycles. The Bertz CT molecular complexity index is 612. The number of thiazole rings is 1. The first-order valence-electron chi connectivity index (χ1n) is 5.94. The van der Waals surface area contributed by atoms with Crippen molar-refractivity contribution in [3.8, 4) is 0 Å². The molecule has 0 unspecified atom stereocenters. The Kier molecular flexibility index (Phi) is 4.41. The number of pyridine rings is 1. The van der Waals surface area contributed by atoms with Gasteiger partial charge >= 0.3 is 5.97 Å². The van der Waals surface area contributed by atoms with Crippen LogP contribution in [0.3, 0.4) is 0 Å². The van der Waals surface area contributed by atoms with E-state index in [1.165, 1.54) is 4.90 Å². The second-order valence-corrected chi connectivity index (χ2v) is 4.69. The van der Waals surface area contributed by atoms with Crippen LogP contribution in [0.2, 0.25) is 0 Å². The van der Waals surface area contributed by atoms with E-state index < -0.39 is 5.97 Å². The molecule has 0 N–H and O–H groups in total. The molecule has 0 aromatic carbocycles. The third kappa shape index (κ3) is 3.00. The number of aromatic nitrogens is 2. The number of amides is 1. The summed E-state index contributed by atoms with van der Waals surface area (Å²) in [6.45, 7) is 1.99. The first-order valence-corrected chi connectivity index (χ1v) is 6.82. The molecule has 0 saturated heterocycles. The quantitative estimate of drug-likeness (QED) is 0.805. The standard InChI is InChI=1S/C13H13N3O3S/c1-3-19-13(18)11-15-10(8-20-11)12(17)16(2)9-4-6-14-7-5-9/h4-8H,3H2,1-2H3. The lowest BCUT2D eigenvalue weighted by Gasteiger charge is -2.15. The van der Waals surface area contributed by atoms with Gasteiger partial charge in [-0.25, -0.2) is 9.78 Å². The number of carbonyl (C=O) groups is 2. The lowest BCUT2D eigenvalue weighted by Crippen LogP contribution is -2.26. The zero-order valence-electron chi connectivity index (χ0n) is 11.1. The molecule has 20 heavy (non-hydrogen) atoms. The number of ether oxygens (including phenoxy) is 1. The summed E-state index contributed by atoms with van der Waals surface area (Å²) in [7, 11) is 1.64. The first-order chi connectivity index (χ1) is 9.63. The van der Waals surface area contributed by atoms with Crippen molar-refractivity contribution in [2.24, 2.45) is 0 Å². The van der Waals surface area contributed by atoms with Crippen molar-refractivity contribution in [1.82, 2.24) is 9.97 Å². The van der Waals surface area contributed by atoms with Gasteiger partial charge < -0.3 is 9.64 Å². The van der Waals surface area contributed by atoms with Crippen LogP contribution in [0.15, 0.2) is 29.9 Å².